The average Bonchev–Trinajstić information content (AvgIpc) is 3.20. The Bertz CT molecular complexity index is 685. The number of aliphatic hydroxyl groups is 1. The Morgan fingerprint density at radius 1 is 1.20 bits per heavy atom. The molecule has 2 aliphatic heterocycles. The number of fused-ring (bicyclic) bond motifs is 1. The quantitative estimate of drug-likeness (QED) is 0.799. The molecule has 2 unspecified atom stereocenters. The van der Waals surface area contributed by atoms with E-state index in [0.29, 0.717) is 45.2 Å². The van der Waals surface area contributed by atoms with Gasteiger partial charge in [0, 0.05) is 32.7 Å². The summed E-state index contributed by atoms with van der Waals surface area (Å²) in [6.07, 6.45) is 0.0921. The van der Waals surface area contributed by atoms with E-state index in [-0.39, 0.29) is 36.8 Å². The first-order valence-corrected chi connectivity index (χ1v) is 8.01. The molecule has 2 saturated heterocycles. The molecule has 0 radical (unpaired) electrons. The summed E-state index contributed by atoms with van der Waals surface area (Å²) in [6.45, 7) is 3.19. The number of hydrogen-bond acceptors (Lipinski definition) is 6. The largest absolute Gasteiger partial charge is 0.423 e. The fraction of sp³-hybridized carbons (Fsp3) is 0.500. The SMILES string of the molecule is Cl.Cl.O=C(C1CC(O)CN1)N1CCN(c2nc3ccccc3o2)CC1. The smallest absolute Gasteiger partial charge is 0.298 e. The summed E-state index contributed by atoms with van der Waals surface area (Å²) >= 11 is 0. The van der Waals surface area contributed by atoms with Crippen LogP contribution in [0.4, 0.5) is 6.01 Å². The second-order valence-electron chi connectivity index (χ2n) is 6.13. The van der Waals surface area contributed by atoms with Gasteiger partial charge in [-0.3, -0.25) is 4.79 Å². The molecular weight excluding hydrogens is 367 g/mol. The monoisotopic (exact) mass is 388 g/mol. The van der Waals surface area contributed by atoms with Crippen molar-refractivity contribution in [2.45, 2.75) is 18.6 Å². The zero-order chi connectivity index (χ0) is 15.8. The Labute approximate surface area is 158 Å². The Kier molecular flexibility index (Phi) is 6.51. The molecular formula is C16H22Cl2N4O3. The molecule has 4 rings (SSSR count). The van der Waals surface area contributed by atoms with Crippen LogP contribution < -0.4 is 10.2 Å². The first-order valence-electron chi connectivity index (χ1n) is 8.01. The molecule has 1 aromatic carbocycles. The number of nitrogens with zero attached hydrogens (tertiary/aromatic N) is 3. The van der Waals surface area contributed by atoms with Crippen molar-refractivity contribution in [2.24, 2.45) is 0 Å². The van der Waals surface area contributed by atoms with Crippen LogP contribution in [-0.4, -0.2) is 65.8 Å². The molecule has 2 N–H and O–H groups in total. The molecule has 2 aromatic rings. The maximum absolute atomic E-state index is 12.4. The minimum Gasteiger partial charge on any atom is -0.423 e. The van der Waals surface area contributed by atoms with Gasteiger partial charge in [0.1, 0.15) is 5.52 Å². The lowest BCUT2D eigenvalue weighted by Crippen LogP contribution is -2.53. The number of aliphatic hydroxyl groups excluding tert-OH is 1. The minimum atomic E-state index is -0.412. The highest BCUT2D eigenvalue weighted by molar-refractivity contribution is 5.85. The fourth-order valence-electron chi connectivity index (χ4n) is 3.24. The summed E-state index contributed by atoms with van der Waals surface area (Å²) in [5, 5.41) is 12.6. The van der Waals surface area contributed by atoms with E-state index in [1.54, 1.807) is 0 Å². The highest BCUT2D eigenvalue weighted by atomic mass is 35.5. The van der Waals surface area contributed by atoms with Gasteiger partial charge in [-0.05, 0) is 18.6 Å². The Morgan fingerprint density at radius 3 is 2.56 bits per heavy atom. The van der Waals surface area contributed by atoms with Crippen LogP contribution in [0.15, 0.2) is 28.7 Å². The van der Waals surface area contributed by atoms with Gasteiger partial charge in [0.05, 0.1) is 12.1 Å². The van der Waals surface area contributed by atoms with E-state index in [2.05, 4.69) is 15.2 Å². The summed E-state index contributed by atoms with van der Waals surface area (Å²) < 4.78 is 5.78. The van der Waals surface area contributed by atoms with Crippen molar-refractivity contribution in [1.82, 2.24) is 15.2 Å². The number of hydrogen-bond donors (Lipinski definition) is 2. The van der Waals surface area contributed by atoms with Crippen LogP contribution in [0.2, 0.25) is 0 Å². The van der Waals surface area contributed by atoms with Crippen LogP contribution in [0.1, 0.15) is 6.42 Å². The lowest BCUT2D eigenvalue weighted by Gasteiger charge is -2.35. The normalized spacial score (nSPS) is 23.2. The van der Waals surface area contributed by atoms with Gasteiger partial charge < -0.3 is 24.6 Å². The minimum absolute atomic E-state index is 0. The number of carbonyl (C=O) groups excluding carboxylic acids is 1. The van der Waals surface area contributed by atoms with Gasteiger partial charge in [0.2, 0.25) is 5.91 Å². The molecule has 9 heteroatoms. The second-order valence-corrected chi connectivity index (χ2v) is 6.13. The van der Waals surface area contributed by atoms with Gasteiger partial charge in [0.15, 0.2) is 5.58 Å². The third kappa shape index (κ3) is 4.00. The van der Waals surface area contributed by atoms with Gasteiger partial charge in [-0.25, -0.2) is 0 Å². The number of amides is 1. The summed E-state index contributed by atoms with van der Waals surface area (Å²) in [5.74, 6) is 0.0822. The number of halogens is 2. The topological polar surface area (TPSA) is 81.8 Å². The lowest BCUT2D eigenvalue weighted by atomic mass is 10.1. The van der Waals surface area contributed by atoms with Gasteiger partial charge in [-0.1, -0.05) is 12.1 Å². The number of piperazine rings is 1. The van der Waals surface area contributed by atoms with E-state index in [4.69, 9.17) is 4.42 Å². The number of rotatable bonds is 2. The standard InChI is InChI=1S/C16H20N4O3.2ClH/c21-11-9-13(17-10-11)15(22)19-5-7-20(8-6-19)16-18-12-3-1-2-4-14(12)23-16;;/h1-4,11,13,17,21H,5-10H2;2*1H. The number of β-amino-alcohol motifs (C(OH)–C–C–N with tert-alkyl or cyclic N) is 1. The van der Waals surface area contributed by atoms with Crippen LogP contribution in [0.3, 0.4) is 0 Å². The predicted octanol–water partition coefficient (Wildman–Crippen LogP) is 1.04. The average molecular weight is 389 g/mol. The molecule has 0 saturated carbocycles. The molecule has 1 amide bonds. The fourth-order valence-corrected chi connectivity index (χ4v) is 3.24. The van der Waals surface area contributed by atoms with E-state index in [1.807, 2.05) is 29.2 Å². The highest BCUT2D eigenvalue weighted by Gasteiger charge is 2.33. The maximum atomic E-state index is 12.4. The molecule has 0 spiro atoms. The molecule has 1 aromatic heterocycles. The zero-order valence-electron chi connectivity index (χ0n) is 13.6. The third-order valence-electron chi connectivity index (χ3n) is 4.55. The van der Waals surface area contributed by atoms with Crippen molar-refractivity contribution < 1.29 is 14.3 Å². The van der Waals surface area contributed by atoms with Crippen LogP contribution in [0, 0.1) is 0 Å². The lowest BCUT2D eigenvalue weighted by molar-refractivity contribution is -0.133. The third-order valence-corrected chi connectivity index (χ3v) is 4.55. The van der Waals surface area contributed by atoms with E-state index in [0.717, 1.165) is 11.1 Å². The Balaban J connectivity index is 0.00000113. The molecule has 7 nitrogen and oxygen atoms in total. The summed E-state index contributed by atoms with van der Waals surface area (Å²) in [7, 11) is 0. The highest BCUT2D eigenvalue weighted by Crippen LogP contribution is 2.23. The van der Waals surface area contributed by atoms with E-state index in [9.17, 15) is 9.90 Å². The van der Waals surface area contributed by atoms with Gasteiger partial charge >= 0.3 is 0 Å². The molecule has 2 fully saturated rings. The first kappa shape index (κ1) is 19.8. The number of aromatic nitrogens is 1. The molecule has 0 aliphatic carbocycles. The van der Waals surface area contributed by atoms with Crippen molar-refractivity contribution in [1.29, 1.82) is 0 Å². The maximum Gasteiger partial charge on any atom is 0.298 e. The zero-order valence-corrected chi connectivity index (χ0v) is 15.3. The van der Waals surface area contributed by atoms with Gasteiger partial charge in [0.25, 0.3) is 6.01 Å². The van der Waals surface area contributed by atoms with Crippen LogP contribution in [0.5, 0.6) is 0 Å². The van der Waals surface area contributed by atoms with Crippen LogP contribution >= 0.6 is 24.8 Å². The summed E-state index contributed by atoms with van der Waals surface area (Å²) in [5.41, 5.74) is 1.63. The van der Waals surface area contributed by atoms with Crippen molar-refractivity contribution in [3.63, 3.8) is 0 Å². The van der Waals surface area contributed by atoms with E-state index < -0.39 is 6.10 Å². The van der Waals surface area contributed by atoms with E-state index in [1.165, 1.54) is 0 Å². The molecule has 3 heterocycles. The molecule has 0 bridgehead atoms. The number of oxazole rings is 1. The van der Waals surface area contributed by atoms with Gasteiger partial charge in [-0.2, -0.15) is 4.98 Å². The molecule has 2 atom stereocenters. The Morgan fingerprint density at radius 2 is 1.92 bits per heavy atom. The molecule has 25 heavy (non-hydrogen) atoms. The van der Waals surface area contributed by atoms with Crippen molar-refractivity contribution in [2.75, 3.05) is 37.6 Å². The summed E-state index contributed by atoms with van der Waals surface area (Å²) in [6, 6.07) is 8.07. The predicted molar refractivity (Wildman–Crippen MR) is 99.7 cm³/mol. The van der Waals surface area contributed by atoms with Crippen molar-refractivity contribution in [3.05, 3.63) is 24.3 Å². The molecule has 138 valence electrons. The number of carbonyl (C=O) groups is 1. The van der Waals surface area contributed by atoms with Crippen LogP contribution in [-0.2, 0) is 4.79 Å². The molecule has 2 aliphatic rings. The van der Waals surface area contributed by atoms with Crippen molar-refractivity contribution >= 4 is 47.8 Å². The number of para-hydroxylation sites is 2. The first-order chi connectivity index (χ1) is 11.2. The number of nitrogens with one attached hydrogen (secondary N) is 1. The van der Waals surface area contributed by atoms with E-state index >= 15 is 0 Å². The van der Waals surface area contributed by atoms with Crippen molar-refractivity contribution in [3.8, 4) is 0 Å². The Hall–Kier alpha value is -1.54. The summed E-state index contributed by atoms with van der Waals surface area (Å²) in [4.78, 5) is 20.9. The van der Waals surface area contributed by atoms with Crippen LogP contribution in [0.25, 0.3) is 11.1 Å². The number of benzene rings is 1. The number of anilines is 1. The second kappa shape index (κ2) is 8.23. The van der Waals surface area contributed by atoms with Gasteiger partial charge in [-0.15, -0.1) is 24.8 Å².